The number of hydrogen-bond donors (Lipinski definition) is 1. The van der Waals surface area contributed by atoms with Crippen molar-refractivity contribution in [3.05, 3.63) is 70.6 Å². The Labute approximate surface area is 141 Å². The van der Waals surface area contributed by atoms with Gasteiger partial charge in [-0.25, -0.2) is 8.42 Å². The zero-order chi connectivity index (χ0) is 17.3. The highest BCUT2D eigenvalue weighted by Crippen LogP contribution is 2.38. The minimum Gasteiger partial charge on any atom is -0.369 e. The molecule has 0 aliphatic carbocycles. The minimum atomic E-state index is -3.70. The number of nitrogens with two attached hydrogens (primary N) is 1. The van der Waals surface area contributed by atoms with Gasteiger partial charge in [0.1, 0.15) is 0 Å². The highest BCUT2D eigenvalue weighted by Gasteiger charge is 2.37. The molecule has 24 heavy (non-hydrogen) atoms. The first kappa shape index (κ1) is 16.3. The Hall–Kier alpha value is -2.60. The van der Waals surface area contributed by atoms with Crippen molar-refractivity contribution in [1.82, 2.24) is 0 Å². The van der Waals surface area contributed by atoms with Crippen molar-refractivity contribution in [3.8, 4) is 0 Å². The Kier molecular flexibility index (Phi) is 4.15. The molecule has 2 aromatic carbocycles. The maximum Gasteiger partial charge on any atom is 0.257 e. The fourth-order valence-electron chi connectivity index (χ4n) is 2.77. The number of benzene rings is 2. The summed E-state index contributed by atoms with van der Waals surface area (Å²) in [7, 11) is -3.70. The van der Waals surface area contributed by atoms with Gasteiger partial charge in [-0.1, -0.05) is 48.0 Å². The summed E-state index contributed by atoms with van der Waals surface area (Å²) in [6.45, 7) is 2.00. The van der Waals surface area contributed by atoms with E-state index < -0.39 is 21.8 Å². The summed E-state index contributed by atoms with van der Waals surface area (Å²) < 4.78 is 26.6. The highest BCUT2D eigenvalue weighted by atomic mass is 32.2. The van der Waals surface area contributed by atoms with Crippen molar-refractivity contribution < 1.29 is 13.2 Å². The molecule has 124 valence electrons. The van der Waals surface area contributed by atoms with Crippen molar-refractivity contribution in [2.75, 3.05) is 10.8 Å². The van der Waals surface area contributed by atoms with E-state index in [4.69, 9.17) is 5.73 Å². The second-order valence-electron chi connectivity index (χ2n) is 5.80. The summed E-state index contributed by atoms with van der Waals surface area (Å²) in [5.74, 6) is -1.15. The van der Waals surface area contributed by atoms with Gasteiger partial charge in [0.25, 0.3) is 10.0 Å². The lowest BCUT2D eigenvalue weighted by Crippen LogP contribution is -2.31. The van der Waals surface area contributed by atoms with Crippen LogP contribution >= 0.6 is 0 Å². The van der Waals surface area contributed by atoms with Crippen molar-refractivity contribution in [2.24, 2.45) is 5.73 Å². The van der Waals surface area contributed by atoms with Crippen LogP contribution < -0.4 is 10.0 Å². The first-order valence-corrected chi connectivity index (χ1v) is 9.04. The van der Waals surface area contributed by atoms with Crippen molar-refractivity contribution in [3.63, 3.8) is 0 Å². The number of carbonyl (C=O) groups is 1. The van der Waals surface area contributed by atoms with E-state index >= 15 is 0 Å². The maximum absolute atomic E-state index is 12.7. The van der Waals surface area contributed by atoms with E-state index in [1.54, 1.807) is 30.3 Å². The number of sulfonamides is 1. The van der Waals surface area contributed by atoms with Crippen LogP contribution in [0.5, 0.6) is 0 Å². The number of fused-ring (bicyclic) bond motifs is 1. The molecule has 1 heterocycles. The van der Waals surface area contributed by atoms with Gasteiger partial charge in [0.2, 0.25) is 5.91 Å². The number of primary amides is 1. The third kappa shape index (κ3) is 3.05. The fourth-order valence-corrected chi connectivity index (χ4v) is 4.04. The van der Waals surface area contributed by atoms with Gasteiger partial charge in [-0.3, -0.25) is 9.10 Å². The zero-order valence-electron chi connectivity index (χ0n) is 13.2. The van der Waals surface area contributed by atoms with Crippen LogP contribution in [0.3, 0.4) is 0 Å². The van der Waals surface area contributed by atoms with Crippen LogP contribution in [0.4, 0.5) is 5.69 Å². The van der Waals surface area contributed by atoms with Crippen molar-refractivity contribution >= 4 is 27.7 Å². The average molecular weight is 342 g/mol. The van der Waals surface area contributed by atoms with Gasteiger partial charge in [-0.2, -0.15) is 0 Å². The van der Waals surface area contributed by atoms with Gasteiger partial charge < -0.3 is 5.73 Å². The number of aryl methyl sites for hydroxylation is 1. The Morgan fingerprint density at radius 2 is 1.83 bits per heavy atom. The Morgan fingerprint density at radius 1 is 1.17 bits per heavy atom. The number of carbonyl (C=O) groups excluding carboxylic acids is 1. The van der Waals surface area contributed by atoms with Crippen molar-refractivity contribution in [1.29, 1.82) is 0 Å². The average Bonchev–Trinajstić information content (AvgIpc) is 2.95. The molecule has 0 aromatic heterocycles. The molecule has 0 radical (unpaired) electrons. The molecule has 1 aliphatic heterocycles. The minimum absolute atomic E-state index is 0.0370. The quantitative estimate of drug-likeness (QED) is 0.926. The highest BCUT2D eigenvalue weighted by molar-refractivity contribution is 7.95. The molecule has 2 aromatic rings. The third-order valence-electron chi connectivity index (χ3n) is 4.09. The molecule has 3 rings (SSSR count). The Bertz CT molecular complexity index is 902. The first-order valence-electron chi connectivity index (χ1n) is 7.54. The van der Waals surface area contributed by atoms with E-state index in [-0.39, 0.29) is 6.54 Å². The summed E-state index contributed by atoms with van der Waals surface area (Å²) in [6.07, 6.45) is 1.55. The SMILES string of the molecule is Cc1ccc(/C=C/S(=O)(=O)N2C[C@H](C(N)=O)c3ccccc32)cc1. The van der Waals surface area contributed by atoms with Gasteiger partial charge in [0.15, 0.2) is 0 Å². The molecular weight excluding hydrogens is 324 g/mol. The lowest BCUT2D eigenvalue weighted by atomic mass is 10.0. The first-order chi connectivity index (χ1) is 11.4. The van der Waals surface area contributed by atoms with Gasteiger partial charge in [0, 0.05) is 0 Å². The van der Waals surface area contributed by atoms with Gasteiger partial charge in [-0.05, 0) is 30.2 Å². The van der Waals surface area contributed by atoms with Gasteiger partial charge in [-0.15, -0.1) is 0 Å². The molecule has 0 fully saturated rings. The maximum atomic E-state index is 12.7. The summed E-state index contributed by atoms with van der Waals surface area (Å²) in [4.78, 5) is 11.6. The molecule has 1 atom stereocenters. The molecule has 5 nitrogen and oxygen atoms in total. The Morgan fingerprint density at radius 3 is 2.50 bits per heavy atom. The number of para-hydroxylation sites is 1. The lowest BCUT2D eigenvalue weighted by molar-refractivity contribution is -0.119. The number of anilines is 1. The van der Waals surface area contributed by atoms with Crippen LogP contribution in [0.25, 0.3) is 6.08 Å². The molecule has 0 bridgehead atoms. The smallest absolute Gasteiger partial charge is 0.257 e. The molecule has 6 heteroatoms. The van der Waals surface area contributed by atoms with Crippen LogP contribution in [0, 0.1) is 6.92 Å². The number of amides is 1. The Balaban J connectivity index is 1.93. The second kappa shape index (κ2) is 6.13. The molecular formula is C18H18N2O3S. The zero-order valence-corrected chi connectivity index (χ0v) is 14.0. The molecule has 0 saturated carbocycles. The van der Waals surface area contributed by atoms with Gasteiger partial charge >= 0.3 is 0 Å². The number of hydrogen-bond acceptors (Lipinski definition) is 3. The summed E-state index contributed by atoms with van der Waals surface area (Å²) >= 11 is 0. The predicted octanol–water partition coefficient (Wildman–Crippen LogP) is 2.38. The van der Waals surface area contributed by atoms with Crippen LogP contribution in [0.1, 0.15) is 22.6 Å². The summed E-state index contributed by atoms with van der Waals surface area (Å²) in [5, 5.41) is 1.16. The second-order valence-corrected chi connectivity index (χ2v) is 7.55. The van der Waals surface area contributed by atoms with Crippen LogP contribution in [0.2, 0.25) is 0 Å². The lowest BCUT2D eigenvalue weighted by Gasteiger charge is -2.17. The van der Waals surface area contributed by atoms with E-state index in [0.29, 0.717) is 11.3 Å². The monoisotopic (exact) mass is 342 g/mol. The normalized spacial score (nSPS) is 17.2. The van der Waals surface area contributed by atoms with E-state index in [9.17, 15) is 13.2 Å². The number of rotatable bonds is 4. The summed E-state index contributed by atoms with van der Waals surface area (Å²) in [5.41, 5.74) is 8.48. The molecule has 0 saturated heterocycles. The van der Waals surface area contributed by atoms with E-state index in [1.807, 2.05) is 31.2 Å². The van der Waals surface area contributed by atoms with E-state index in [0.717, 1.165) is 16.5 Å². The van der Waals surface area contributed by atoms with Crippen molar-refractivity contribution in [2.45, 2.75) is 12.8 Å². The van der Waals surface area contributed by atoms with E-state index in [2.05, 4.69) is 0 Å². The topological polar surface area (TPSA) is 80.5 Å². The van der Waals surface area contributed by atoms with Crippen LogP contribution in [0.15, 0.2) is 53.9 Å². The molecule has 2 N–H and O–H groups in total. The molecule has 0 unspecified atom stereocenters. The van der Waals surface area contributed by atoms with Crippen LogP contribution in [-0.2, 0) is 14.8 Å². The largest absolute Gasteiger partial charge is 0.369 e. The molecule has 0 spiro atoms. The summed E-state index contributed by atoms with van der Waals surface area (Å²) in [6, 6.07) is 14.5. The fraction of sp³-hybridized carbons (Fsp3) is 0.167. The number of nitrogens with zero attached hydrogens (tertiary/aromatic N) is 1. The molecule has 1 aliphatic rings. The van der Waals surface area contributed by atoms with E-state index in [1.165, 1.54) is 4.31 Å². The molecule has 1 amide bonds. The third-order valence-corrected chi connectivity index (χ3v) is 5.53. The standard InChI is InChI=1S/C18H18N2O3S/c1-13-6-8-14(9-7-13)10-11-24(22,23)20-12-16(18(19)21)15-4-2-3-5-17(15)20/h2-11,16H,12H2,1H3,(H2,19,21)/b11-10+/t16-/m0/s1. The van der Waals surface area contributed by atoms with Gasteiger partial charge in [0.05, 0.1) is 23.6 Å². The van der Waals surface area contributed by atoms with Crippen LogP contribution in [-0.4, -0.2) is 20.9 Å². The predicted molar refractivity (Wildman–Crippen MR) is 94.9 cm³/mol.